The van der Waals surface area contributed by atoms with E-state index in [1.54, 1.807) is 0 Å². The number of ether oxygens (including phenoxy) is 1. The zero-order valence-corrected chi connectivity index (χ0v) is 9.06. The van der Waals surface area contributed by atoms with E-state index in [0.29, 0.717) is 0 Å². The predicted octanol–water partition coefficient (Wildman–Crippen LogP) is 2.71. The lowest BCUT2D eigenvalue weighted by molar-refractivity contribution is 0.126. The fourth-order valence-corrected chi connectivity index (χ4v) is 1.26. The second-order valence-electron chi connectivity index (χ2n) is 3.52. The Bertz CT molecular complexity index is 76.2. The SMILES string of the molecule is CCCCCCOCCCCCN. The Morgan fingerprint density at radius 2 is 1.46 bits per heavy atom. The van der Waals surface area contributed by atoms with E-state index in [1.807, 2.05) is 0 Å². The van der Waals surface area contributed by atoms with E-state index < -0.39 is 0 Å². The van der Waals surface area contributed by atoms with Crippen molar-refractivity contribution in [2.75, 3.05) is 19.8 Å². The molecule has 0 aromatic carbocycles. The molecule has 0 aliphatic carbocycles. The molecule has 0 aliphatic heterocycles. The van der Waals surface area contributed by atoms with Gasteiger partial charge in [0.25, 0.3) is 0 Å². The Labute approximate surface area is 82.8 Å². The number of nitrogens with two attached hydrogens (primary N) is 1. The van der Waals surface area contributed by atoms with Crippen molar-refractivity contribution in [2.45, 2.75) is 51.9 Å². The standard InChI is InChI=1S/C11H25NO/c1-2-3-4-7-10-13-11-8-5-6-9-12/h2-12H2,1H3. The molecule has 13 heavy (non-hydrogen) atoms. The quantitative estimate of drug-likeness (QED) is 0.534. The minimum atomic E-state index is 0.816. The first-order chi connectivity index (χ1) is 6.41. The predicted molar refractivity (Wildman–Crippen MR) is 57.9 cm³/mol. The molecule has 0 aromatic heterocycles. The first-order valence-electron chi connectivity index (χ1n) is 5.69. The van der Waals surface area contributed by atoms with Gasteiger partial charge in [-0.1, -0.05) is 26.2 Å². The minimum absolute atomic E-state index is 0.816. The molecule has 0 rings (SSSR count). The van der Waals surface area contributed by atoms with Gasteiger partial charge in [-0.05, 0) is 32.2 Å². The van der Waals surface area contributed by atoms with Crippen LogP contribution in [0, 0.1) is 0 Å². The molecule has 0 fully saturated rings. The van der Waals surface area contributed by atoms with E-state index in [9.17, 15) is 0 Å². The van der Waals surface area contributed by atoms with Gasteiger partial charge in [0.1, 0.15) is 0 Å². The maximum atomic E-state index is 5.49. The van der Waals surface area contributed by atoms with Gasteiger partial charge in [-0.3, -0.25) is 0 Å². The van der Waals surface area contributed by atoms with Crippen LogP contribution in [0.1, 0.15) is 51.9 Å². The van der Waals surface area contributed by atoms with E-state index in [2.05, 4.69) is 6.92 Å². The number of rotatable bonds is 10. The highest BCUT2D eigenvalue weighted by atomic mass is 16.5. The molecule has 2 nitrogen and oxygen atoms in total. The summed E-state index contributed by atoms with van der Waals surface area (Å²) in [6.45, 7) is 4.92. The number of hydrogen-bond donors (Lipinski definition) is 1. The highest BCUT2D eigenvalue weighted by Gasteiger charge is 1.90. The van der Waals surface area contributed by atoms with Crippen LogP contribution in [0.5, 0.6) is 0 Å². The average Bonchev–Trinajstić information content (AvgIpc) is 2.16. The van der Waals surface area contributed by atoms with E-state index in [0.717, 1.165) is 26.2 Å². The van der Waals surface area contributed by atoms with Gasteiger partial charge >= 0.3 is 0 Å². The summed E-state index contributed by atoms with van der Waals surface area (Å²) in [5, 5.41) is 0. The zero-order chi connectivity index (χ0) is 9.78. The number of hydrogen-bond acceptors (Lipinski definition) is 2. The molecular formula is C11H25NO. The lowest BCUT2D eigenvalue weighted by atomic mass is 10.2. The molecular weight excluding hydrogens is 162 g/mol. The van der Waals surface area contributed by atoms with Gasteiger partial charge in [-0.15, -0.1) is 0 Å². The van der Waals surface area contributed by atoms with Crippen molar-refractivity contribution in [1.82, 2.24) is 0 Å². The summed E-state index contributed by atoms with van der Waals surface area (Å²) in [7, 11) is 0. The molecule has 0 spiro atoms. The van der Waals surface area contributed by atoms with Crippen LogP contribution in [0.2, 0.25) is 0 Å². The van der Waals surface area contributed by atoms with Crippen LogP contribution in [0.4, 0.5) is 0 Å². The van der Waals surface area contributed by atoms with Gasteiger partial charge in [0.05, 0.1) is 0 Å². The van der Waals surface area contributed by atoms with Crippen molar-refractivity contribution in [3.63, 3.8) is 0 Å². The Morgan fingerprint density at radius 3 is 2.00 bits per heavy atom. The second-order valence-corrected chi connectivity index (χ2v) is 3.52. The molecule has 0 aliphatic rings. The Balaban J connectivity index is 2.76. The van der Waals surface area contributed by atoms with Crippen LogP contribution in [0.3, 0.4) is 0 Å². The smallest absolute Gasteiger partial charge is 0.0466 e. The summed E-state index contributed by atoms with van der Waals surface area (Å²) in [5.41, 5.74) is 5.38. The van der Waals surface area contributed by atoms with Crippen molar-refractivity contribution in [3.8, 4) is 0 Å². The molecule has 0 atom stereocenters. The summed E-state index contributed by atoms with van der Waals surface area (Å²) in [5.74, 6) is 0. The first-order valence-corrected chi connectivity index (χ1v) is 5.69. The molecule has 0 bridgehead atoms. The fraction of sp³-hybridized carbons (Fsp3) is 1.00. The van der Waals surface area contributed by atoms with Gasteiger partial charge in [0, 0.05) is 13.2 Å². The van der Waals surface area contributed by atoms with Crippen LogP contribution in [-0.4, -0.2) is 19.8 Å². The minimum Gasteiger partial charge on any atom is -0.381 e. The molecule has 2 heteroatoms. The van der Waals surface area contributed by atoms with E-state index in [-0.39, 0.29) is 0 Å². The van der Waals surface area contributed by atoms with Crippen molar-refractivity contribution >= 4 is 0 Å². The third-order valence-corrected chi connectivity index (χ3v) is 2.14. The normalized spacial score (nSPS) is 10.6. The Kier molecular flexibility index (Phi) is 11.8. The van der Waals surface area contributed by atoms with Crippen LogP contribution in [0.25, 0.3) is 0 Å². The lowest BCUT2D eigenvalue weighted by Crippen LogP contribution is -2.01. The third kappa shape index (κ3) is 11.9. The summed E-state index contributed by atoms with van der Waals surface area (Å²) in [6, 6.07) is 0. The Hall–Kier alpha value is -0.0800. The summed E-state index contributed by atoms with van der Waals surface area (Å²) >= 11 is 0. The van der Waals surface area contributed by atoms with Gasteiger partial charge in [-0.2, -0.15) is 0 Å². The van der Waals surface area contributed by atoms with Crippen molar-refractivity contribution in [1.29, 1.82) is 0 Å². The van der Waals surface area contributed by atoms with Gasteiger partial charge in [-0.25, -0.2) is 0 Å². The highest BCUT2D eigenvalue weighted by Crippen LogP contribution is 2.00. The zero-order valence-electron chi connectivity index (χ0n) is 9.06. The van der Waals surface area contributed by atoms with E-state index in [1.165, 1.54) is 38.5 Å². The monoisotopic (exact) mass is 187 g/mol. The fourth-order valence-electron chi connectivity index (χ4n) is 1.26. The summed E-state index contributed by atoms with van der Waals surface area (Å²) in [6.07, 6.45) is 8.71. The topological polar surface area (TPSA) is 35.2 Å². The van der Waals surface area contributed by atoms with Crippen LogP contribution in [0.15, 0.2) is 0 Å². The van der Waals surface area contributed by atoms with Crippen molar-refractivity contribution in [2.24, 2.45) is 5.73 Å². The molecule has 0 unspecified atom stereocenters. The second kappa shape index (κ2) is 11.9. The molecule has 0 amide bonds. The molecule has 80 valence electrons. The molecule has 0 saturated heterocycles. The van der Waals surface area contributed by atoms with Crippen LogP contribution < -0.4 is 5.73 Å². The molecule has 0 aromatic rings. The number of unbranched alkanes of at least 4 members (excludes halogenated alkanes) is 5. The average molecular weight is 187 g/mol. The van der Waals surface area contributed by atoms with E-state index >= 15 is 0 Å². The van der Waals surface area contributed by atoms with E-state index in [4.69, 9.17) is 10.5 Å². The first kappa shape index (κ1) is 12.9. The maximum absolute atomic E-state index is 5.49. The molecule has 0 radical (unpaired) electrons. The van der Waals surface area contributed by atoms with Crippen LogP contribution >= 0.6 is 0 Å². The van der Waals surface area contributed by atoms with Crippen molar-refractivity contribution in [3.05, 3.63) is 0 Å². The Morgan fingerprint density at radius 1 is 0.846 bits per heavy atom. The molecule has 0 heterocycles. The maximum Gasteiger partial charge on any atom is 0.0466 e. The molecule has 0 saturated carbocycles. The largest absolute Gasteiger partial charge is 0.381 e. The lowest BCUT2D eigenvalue weighted by Gasteiger charge is -2.03. The van der Waals surface area contributed by atoms with Crippen molar-refractivity contribution < 1.29 is 4.74 Å². The van der Waals surface area contributed by atoms with Gasteiger partial charge in [0.2, 0.25) is 0 Å². The molecule has 2 N–H and O–H groups in total. The highest BCUT2D eigenvalue weighted by molar-refractivity contribution is 4.43. The summed E-state index contributed by atoms with van der Waals surface area (Å²) in [4.78, 5) is 0. The third-order valence-electron chi connectivity index (χ3n) is 2.14. The van der Waals surface area contributed by atoms with Gasteiger partial charge in [0.15, 0.2) is 0 Å². The van der Waals surface area contributed by atoms with Gasteiger partial charge < -0.3 is 10.5 Å². The van der Waals surface area contributed by atoms with Crippen LogP contribution in [-0.2, 0) is 4.74 Å². The summed E-state index contributed by atoms with van der Waals surface area (Å²) < 4.78 is 5.49.